The zero-order chi connectivity index (χ0) is 13.9. The molecular weight excluding hydrogens is 234 g/mol. The maximum atomic E-state index is 4.48. The highest BCUT2D eigenvalue weighted by atomic mass is 15.1. The first kappa shape index (κ1) is 14.3. The Morgan fingerprint density at radius 2 is 1.74 bits per heavy atom. The number of anilines is 1. The zero-order valence-electron chi connectivity index (χ0n) is 12.8. The average molecular weight is 261 g/mol. The lowest BCUT2D eigenvalue weighted by atomic mass is 9.78. The van der Waals surface area contributed by atoms with E-state index >= 15 is 0 Å². The third-order valence-corrected chi connectivity index (χ3v) is 4.11. The molecular formula is C16H27N3. The zero-order valence-corrected chi connectivity index (χ0v) is 12.8. The Morgan fingerprint density at radius 1 is 1.16 bits per heavy atom. The quantitative estimate of drug-likeness (QED) is 0.866. The molecule has 0 aliphatic heterocycles. The number of hydrogen-bond acceptors (Lipinski definition) is 3. The lowest BCUT2D eigenvalue weighted by Crippen LogP contribution is -2.29. The van der Waals surface area contributed by atoms with Crippen molar-refractivity contribution in [2.24, 2.45) is 11.3 Å². The van der Waals surface area contributed by atoms with Gasteiger partial charge in [-0.25, -0.2) is 9.97 Å². The molecule has 106 valence electrons. The molecule has 0 atom stereocenters. The van der Waals surface area contributed by atoms with Crippen LogP contribution in [0, 0.1) is 25.2 Å². The molecule has 19 heavy (non-hydrogen) atoms. The molecule has 1 aromatic heterocycles. The Balaban J connectivity index is 2.02. The summed E-state index contributed by atoms with van der Waals surface area (Å²) in [6, 6.07) is 2.02. The van der Waals surface area contributed by atoms with Gasteiger partial charge in [0.1, 0.15) is 0 Å². The molecule has 0 radical (unpaired) electrons. The van der Waals surface area contributed by atoms with Gasteiger partial charge in [-0.2, -0.15) is 0 Å². The average Bonchev–Trinajstić information content (AvgIpc) is 2.73. The van der Waals surface area contributed by atoms with E-state index in [1.165, 1.54) is 32.1 Å². The number of rotatable bonds is 5. The van der Waals surface area contributed by atoms with Crippen molar-refractivity contribution in [3.63, 3.8) is 0 Å². The first-order valence-electron chi connectivity index (χ1n) is 7.55. The fourth-order valence-corrected chi connectivity index (χ4v) is 3.52. The van der Waals surface area contributed by atoms with E-state index in [4.69, 9.17) is 0 Å². The summed E-state index contributed by atoms with van der Waals surface area (Å²) in [4.78, 5) is 8.97. The van der Waals surface area contributed by atoms with Crippen LogP contribution < -0.4 is 5.32 Å². The van der Waals surface area contributed by atoms with Gasteiger partial charge in [0.25, 0.3) is 0 Å². The van der Waals surface area contributed by atoms with Gasteiger partial charge < -0.3 is 5.32 Å². The second kappa shape index (κ2) is 5.89. The maximum Gasteiger partial charge on any atom is 0.223 e. The summed E-state index contributed by atoms with van der Waals surface area (Å²) >= 11 is 0. The van der Waals surface area contributed by atoms with Crippen LogP contribution in [0.15, 0.2) is 6.07 Å². The van der Waals surface area contributed by atoms with Crippen LogP contribution in [0.4, 0.5) is 5.95 Å². The molecule has 1 fully saturated rings. The minimum absolute atomic E-state index is 0.467. The molecule has 0 spiro atoms. The fourth-order valence-electron chi connectivity index (χ4n) is 3.52. The van der Waals surface area contributed by atoms with Crippen molar-refractivity contribution in [1.82, 2.24) is 9.97 Å². The molecule has 0 unspecified atom stereocenters. The Morgan fingerprint density at radius 3 is 2.26 bits per heavy atom. The molecule has 3 heteroatoms. The molecule has 1 aromatic rings. The van der Waals surface area contributed by atoms with Crippen molar-refractivity contribution in [3.05, 3.63) is 17.5 Å². The van der Waals surface area contributed by atoms with Crippen molar-refractivity contribution < 1.29 is 0 Å². The van der Waals surface area contributed by atoms with Gasteiger partial charge in [0, 0.05) is 17.9 Å². The van der Waals surface area contributed by atoms with Crippen LogP contribution in [0.1, 0.15) is 57.3 Å². The number of aryl methyl sites for hydroxylation is 2. The summed E-state index contributed by atoms with van der Waals surface area (Å²) in [5, 5.41) is 3.49. The van der Waals surface area contributed by atoms with Crippen LogP contribution >= 0.6 is 0 Å². The Kier molecular flexibility index (Phi) is 4.43. The van der Waals surface area contributed by atoms with Crippen molar-refractivity contribution in [2.75, 3.05) is 11.9 Å². The van der Waals surface area contributed by atoms with Gasteiger partial charge in [0.05, 0.1) is 0 Å². The predicted molar refractivity (Wildman–Crippen MR) is 80.4 cm³/mol. The molecule has 1 N–H and O–H groups in total. The van der Waals surface area contributed by atoms with E-state index in [-0.39, 0.29) is 0 Å². The first-order chi connectivity index (χ1) is 8.99. The molecule has 1 heterocycles. The highest BCUT2D eigenvalue weighted by molar-refractivity contribution is 5.28. The Bertz CT molecular complexity index is 400. The minimum atomic E-state index is 0.467. The molecule has 1 aliphatic rings. The topological polar surface area (TPSA) is 37.8 Å². The summed E-state index contributed by atoms with van der Waals surface area (Å²) in [5.74, 6) is 1.56. The van der Waals surface area contributed by atoms with Gasteiger partial charge >= 0.3 is 0 Å². The van der Waals surface area contributed by atoms with Gasteiger partial charge in [-0.05, 0) is 50.5 Å². The van der Waals surface area contributed by atoms with Gasteiger partial charge in [-0.3, -0.25) is 0 Å². The van der Waals surface area contributed by atoms with Crippen molar-refractivity contribution in [3.8, 4) is 0 Å². The molecule has 0 amide bonds. The van der Waals surface area contributed by atoms with Crippen LogP contribution in [0.25, 0.3) is 0 Å². The standard InChI is InChI=1S/C16H27N3/c1-12(2)10-16(7-5-6-8-16)11-17-15-18-13(3)9-14(4)19-15/h9,12H,5-8,10-11H2,1-4H3,(H,17,18,19). The number of nitrogens with zero attached hydrogens (tertiary/aromatic N) is 2. The van der Waals surface area contributed by atoms with Crippen LogP contribution in [0.2, 0.25) is 0 Å². The maximum absolute atomic E-state index is 4.48. The van der Waals surface area contributed by atoms with Gasteiger partial charge in [-0.15, -0.1) is 0 Å². The van der Waals surface area contributed by atoms with Crippen LogP contribution in [-0.4, -0.2) is 16.5 Å². The number of hydrogen-bond donors (Lipinski definition) is 1. The van der Waals surface area contributed by atoms with Gasteiger partial charge in [-0.1, -0.05) is 26.7 Å². The van der Waals surface area contributed by atoms with E-state index in [1.807, 2.05) is 19.9 Å². The van der Waals surface area contributed by atoms with E-state index in [0.717, 1.165) is 29.8 Å². The largest absolute Gasteiger partial charge is 0.354 e. The third kappa shape index (κ3) is 3.92. The predicted octanol–water partition coefficient (Wildman–Crippen LogP) is 4.11. The van der Waals surface area contributed by atoms with Crippen molar-refractivity contribution in [2.45, 2.75) is 59.8 Å². The molecule has 1 saturated carbocycles. The lowest BCUT2D eigenvalue weighted by Gasteiger charge is -2.31. The third-order valence-electron chi connectivity index (χ3n) is 4.11. The van der Waals surface area contributed by atoms with Crippen molar-refractivity contribution >= 4 is 5.95 Å². The number of aromatic nitrogens is 2. The molecule has 0 aromatic carbocycles. The van der Waals surface area contributed by atoms with E-state index in [2.05, 4.69) is 29.1 Å². The highest BCUT2D eigenvalue weighted by Gasteiger charge is 2.34. The monoisotopic (exact) mass is 261 g/mol. The first-order valence-corrected chi connectivity index (χ1v) is 7.55. The van der Waals surface area contributed by atoms with Crippen LogP contribution in [0.5, 0.6) is 0 Å². The Hall–Kier alpha value is -1.12. The van der Waals surface area contributed by atoms with E-state index in [0.29, 0.717) is 5.41 Å². The van der Waals surface area contributed by atoms with Gasteiger partial charge in [0.2, 0.25) is 5.95 Å². The molecule has 1 aliphatic carbocycles. The molecule has 0 bridgehead atoms. The van der Waals surface area contributed by atoms with E-state index < -0.39 is 0 Å². The summed E-state index contributed by atoms with van der Waals surface area (Å²) in [6.45, 7) is 9.73. The summed E-state index contributed by atoms with van der Waals surface area (Å²) < 4.78 is 0. The van der Waals surface area contributed by atoms with Crippen molar-refractivity contribution in [1.29, 1.82) is 0 Å². The smallest absolute Gasteiger partial charge is 0.223 e. The van der Waals surface area contributed by atoms with E-state index in [9.17, 15) is 0 Å². The Labute approximate surface area is 117 Å². The van der Waals surface area contributed by atoms with Crippen LogP contribution in [-0.2, 0) is 0 Å². The highest BCUT2D eigenvalue weighted by Crippen LogP contribution is 2.43. The second-order valence-electron chi connectivity index (χ2n) is 6.63. The van der Waals surface area contributed by atoms with Crippen LogP contribution in [0.3, 0.4) is 0 Å². The molecule has 0 saturated heterocycles. The SMILES string of the molecule is Cc1cc(C)nc(NCC2(CC(C)C)CCCC2)n1. The summed E-state index contributed by atoms with van der Waals surface area (Å²) in [6.07, 6.45) is 6.76. The van der Waals surface area contributed by atoms with E-state index in [1.54, 1.807) is 0 Å². The lowest BCUT2D eigenvalue weighted by molar-refractivity contribution is 0.252. The summed E-state index contributed by atoms with van der Waals surface area (Å²) in [5.41, 5.74) is 2.55. The number of nitrogens with one attached hydrogen (secondary N) is 1. The second-order valence-corrected chi connectivity index (χ2v) is 6.63. The molecule has 2 rings (SSSR count). The fraction of sp³-hybridized carbons (Fsp3) is 0.750. The molecule has 3 nitrogen and oxygen atoms in total. The minimum Gasteiger partial charge on any atom is -0.354 e. The summed E-state index contributed by atoms with van der Waals surface area (Å²) in [7, 11) is 0. The van der Waals surface area contributed by atoms with Gasteiger partial charge in [0.15, 0.2) is 0 Å². The normalized spacial score (nSPS) is 17.9.